The monoisotopic (exact) mass is 531 g/mol. The first kappa shape index (κ1) is 23.0. The van der Waals surface area contributed by atoms with Crippen LogP contribution in [0.3, 0.4) is 0 Å². The van der Waals surface area contributed by atoms with Gasteiger partial charge in [0.1, 0.15) is 19.3 Å². The van der Waals surface area contributed by atoms with Gasteiger partial charge in [-0.2, -0.15) is 0 Å². The van der Waals surface area contributed by atoms with Gasteiger partial charge in [0.25, 0.3) is 0 Å². The third-order valence-corrected chi connectivity index (χ3v) is 9.11. The number of hydrogen-bond acceptors (Lipinski definition) is 7. The molecule has 0 unspecified atom stereocenters. The Kier molecular flexibility index (Phi) is 6.08. The number of fused-ring (bicyclic) bond motifs is 7. The molecule has 180 valence electrons. The van der Waals surface area contributed by atoms with E-state index in [4.69, 9.17) is 9.47 Å². The Morgan fingerprint density at radius 3 is 2.33 bits per heavy atom. The van der Waals surface area contributed by atoms with E-state index in [1.54, 1.807) is 40.9 Å². The largest absolute Gasteiger partial charge is 0.458 e. The molecule has 8 heteroatoms. The van der Waals surface area contributed by atoms with Crippen LogP contribution in [0, 0.1) is 0 Å². The van der Waals surface area contributed by atoms with E-state index in [2.05, 4.69) is 47.1 Å². The number of thiophene rings is 3. The molecule has 0 spiro atoms. The maximum atomic E-state index is 12.5. The minimum absolute atomic E-state index is 0.139. The minimum atomic E-state index is -0.818. The number of ether oxygens (including phenoxy) is 2. The van der Waals surface area contributed by atoms with Crippen LogP contribution in [0.4, 0.5) is 4.79 Å². The van der Waals surface area contributed by atoms with Crippen molar-refractivity contribution in [2.45, 2.75) is 26.2 Å². The summed E-state index contributed by atoms with van der Waals surface area (Å²) in [6.07, 6.45) is -0.656. The third kappa shape index (κ3) is 4.32. The SMILES string of the molecule is C[C@@H](NC(=O)OCc1ccccc1)C(=O)OCc1cc2c(ccc3sc4ccc5sccc5c4c32)s1. The highest BCUT2D eigenvalue weighted by Gasteiger charge is 2.19. The summed E-state index contributed by atoms with van der Waals surface area (Å²) in [7, 11) is 0. The molecule has 0 bridgehead atoms. The number of rotatable bonds is 6. The summed E-state index contributed by atoms with van der Waals surface area (Å²) in [6, 6.07) is 21.6. The second-order valence-electron chi connectivity index (χ2n) is 8.47. The van der Waals surface area contributed by atoms with Gasteiger partial charge in [-0.05, 0) is 54.3 Å². The van der Waals surface area contributed by atoms with Crippen molar-refractivity contribution >= 4 is 86.4 Å². The molecule has 0 aliphatic rings. The Labute approximate surface area is 218 Å². The number of esters is 1. The van der Waals surface area contributed by atoms with Crippen molar-refractivity contribution in [2.24, 2.45) is 0 Å². The number of carbonyl (C=O) groups is 2. The van der Waals surface area contributed by atoms with Crippen molar-refractivity contribution in [3.8, 4) is 0 Å². The van der Waals surface area contributed by atoms with E-state index in [0.717, 1.165) is 15.1 Å². The molecule has 6 rings (SSSR count). The van der Waals surface area contributed by atoms with E-state index in [1.165, 1.54) is 35.6 Å². The minimum Gasteiger partial charge on any atom is -0.458 e. The quantitative estimate of drug-likeness (QED) is 0.222. The van der Waals surface area contributed by atoms with E-state index in [-0.39, 0.29) is 13.2 Å². The lowest BCUT2D eigenvalue weighted by Gasteiger charge is -2.13. The molecular formula is C28H21NO4S3. The Morgan fingerprint density at radius 2 is 1.53 bits per heavy atom. The summed E-state index contributed by atoms with van der Waals surface area (Å²) >= 11 is 5.18. The van der Waals surface area contributed by atoms with Gasteiger partial charge in [-0.15, -0.1) is 34.0 Å². The molecule has 1 atom stereocenters. The number of nitrogens with one attached hydrogen (secondary N) is 1. The molecule has 3 aromatic heterocycles. The molecule has 1 amide bonds. The maximum absolute atomic E-state index is 12.5. The van der Waals surface area contributed by atoms with Crippen molar-refractivity contribution < 1.29 is 19.1 Å². The van der Waals surface area contributed by atoms with E-state index in [0.29, 0.717) is 0 Å². The predicted octanol–water partition coefficient (Wildman–Crippen LogP) is 7.84. The van der Waals surface area contributed by atoms with Gasteiger partial charge in [-0.1, -0.05) is 30.3 Å². The standard InChI is InChI=1S/C28H21NO4S3/c1-16(29-28(31)33-14-17-5-3-2-4-6-17)27(30)32-15-18-13-20-22(35-18)8-10-24-26(20)25-19-11-12-34-21(19)7-9-23(25)36-24/h2-13,16H,14-15H2,1H3,(H,29,31)/t16-/m1/s1. The number of amides is 1. The van der Waals surface area contributed by atoms with Crippen LogP contribution < -0.4 is 5.32 Å². The first-order valence-corrected chi connectivity index (χ1v) is 14.0. The summed E-state index contributed by atoms with van der Waals surface area (Å²) in [6.45, 7) is 1.88. The summed E-state index contributed by atoms with van der Waals surface area (Å²) in [5.41, 5.74) is 0.875. The number of carbonyl (C=O) groups excluding carboxylic acids is 2. The van der Waals surface area contributed by atoms with Gasteiger partial charge in [0.2, 0.25) is 0 Å². The van der Waals surface area contributed by atoms with Gasteiger partial charge in [0.15, 0.2) is 0 Å². The highest BCUT2D eigenvalue weighted by atomic mass is 32.1. The van der Waals surface area contributed by atoms with Crippen molar-refractivity contribution in [2.75, 3.05) is 0 Å². The molecule has 5 nitrogen and oxygen atoms in total. The molecule has 0 saturated carbocycles. The normalized spacial score (nSPS) is 12.4. The summed E-state index contributed by atoms with van der Waals surface area (Å²) < 4.78 is 15.7. The molecule has 0 aliphatic carbocycles. The van der Waals surface area contributed by atoms with Crippen molar-refractivity contribution in [1.29, 1.82) is 0 Å². The van der Waals surface area contributed by atoms with Crippen molar-refractivity contribution in [3.05, 3.63) is 82.6 Å². The van der Waals surface area contributed by atoms with Crippen molar-refractivity contribution in [3.63, 3.8) is 0 Å². The average molecular weight is 532 g/mol. The van der Waals surface area contributed by atoms with Gasteiger partial charge in [-0.3, -0.25) is 0 Å². The van der Waals surface area contributed by atoms with E-state index in [9.17, 15) is 9.59 Å². The average Bonchev–Trinajstić information content (AvgIpc) is 3.61. The lowest BCUT2D eigenvalue weighted by Crippen LogP contribution is -2.39. The molecule has 0 saturated heterocycles. The van der Waals surface area contributed by atoms with Crippen LogP contribution >= 0.6 is 34.0 Å². The number of benzene rings is 3. The Bertz CT molecular complexity index is 1730. The molecular weight excluding hydrogens is 511 g/mol. The third-order valence-electron chi connectivity index (χ3n) is 6.04. The van der Waals surface area contributed by atoms with Gasteiger partial charge >= 0.3 is 12.1 Å². The van der Waals surface area contributed by atoms with Crippen LogP contribution in [0.2, 0.25) is 0 Å². The fourth-order valence-corrected chi connectivity index (χ4v) is 7.23. The Morgan fingerprint density at radius 1 is 0.806 bits per heavy atom. The van der Waals surface area contributed by atoms with Gasteiger partial charge in [-0.25, -0.2) is 9.59 Å². The molecule has 0 radical (unpaired) electrons. The molecule has 3 heterocycles. The second kappa shape index (κ2) is 9.54. The van der Waals surface area contributed by atoms with E-state index < -0.39 is 18.1 Å². The molecule has 0 aliphatic heterocycles. The maximum Gasteiger partial charge on any atom is 0.408 e. The smallest absolute Gasteiger partial charge is 0.408 e. The zero-order valence-corrected chi connectivity index (χ0v) is 21.7. The highest BCUT2D eigenvalue weighted by Crippen LogP contribution is 2.44. The Hall–Kier alpha value is -3.46. The molecule has 6 aromatic rings. The fourth-order valence-electron chi connectivity index (χ4n) is 4.31. The molecule has 0 fully saturated rings. The summed E-state index contributed by atoms with van der Waals surface area (Å²) in [5.74, 6) is -0.504. The van der Waals surface area contributed by atoms with Crippen LogP contribution in [0.25, 0.3) is 40.3 Å². The van der Waals surface area contributed by atoms with Gasteiger partial charge in [0, 0.05) is 45.2 Å². The summed E-state index contributed by atoms with van der Waals surface area (Å²) in [4.78, 5) is 25.5. The predicted molar refractivity (Wildman–Crippen MR) is 149 cm³/mol. The number of hydrogen-bond donors (Lipinski definition) is 1. The van der Waals surface area contributed by atoms with Crippen LogP contribution in [0.5, 0.6) is 0 Å². The fraction of sp³-hybridized carbons (Fsp3) is 0.143. The van der Waals surface area contributed by atoms with Crippen LogP contribution in [-0.2, 0) is 27.5 Å². The Balaban J connectivity index is 1.16. The zero-order chi connectivity index (χ0) is 24.6. The molecule has 3 aromatic carbocycles. The van der Waals surface area contributed by atoms with Crippen molar-refractivity contribution in [1.82, 2.24) is 5.32 Å². The van der Waals surface area contributed by atoms with E-state index in [1.807, 2.05) is 30.3 Å². The van der Waals surface area contributed by atoms with Crippen LogP contribution in [0.1, 0.15) is 17.4 Å². The first-order chi connectivity index (χ1) is 17.6. The highest BCUT2D eigenvalue weighted by molar-refractivity contribution is 7.27. The van der Waals surface area contributed by atoms with Gasteiger partial charge < -0.3 is 14.8 Å². The van der Waals surface area contributed by atoms with E-state index >= 15 is 0 Å². The topological polar surface area (TPSA) is 64.6 Å². The van der Waals surface area contributed by atoms with Gasteiger partial charge in [0.05, 0.1) is 0 Å². The number of alkyl carbamates (subject to hydrolysis) is 1. The lowest BCUT2D eigenvalue weighted by molar-refractivity contribution is -0.146. The zero-order valence-electron chi connectivity index (χ0n) is 19.3. The molecule has 1 N–H and O–H groups in total. The first-order valence-electron chi connectivity index (χ1n) is 11.4. The molecule has 36 heavy (non-hydrogen) atoms. The lowest BCUT2D eigenvalue weighted by atomic mass is 10.1. The summed E-state index contributed by atoms with van der Waals surface area (Å²) in [5, 5.41) is 9.71. The van der Waals surface area contributed by atoms with Crippen LogP contribution in [0.15, 0.2) is 72.1 Å². The van der Waals surface area contributed by atoms with Crippen LogP contribution in [-0.4, -0.2) is 18.1 Å². The second-order valence-corrected chi connectivity index (χ2v) is 11.7.